The summed E-state index contributed by atoms with van der Waals surface area (Å²) in [6.45, 7) is 1.81. The van der Waals surface area contributed by atoms with Crippen molar-refractivity contribution in [3.8, 4) is 0 Å². The van der Waals surface area contributed by atoms with E-state index < -0.39 is 21.6 Å². The molecule has 8 heteroatoms. The molecular weight excluding hydrogens is 335 g/mol. The molecule has 1 aromatic carbocycles. The van der Waals surface area contributed by atoms with E-state index in [9.17, 15) is 22.4 Å². The molecule has 0 aliphatic carbocycles. The number of hydrogen-bond donors (Lipinski definition) is 1. The summed E-state index contributed by atoms with van der Waals surface area (Å²) in [7, 11) is -3.07. The number of anilines is 1. The van der Waals surface area contributed by atoms with E-state index in [1.165, 1.54) is 11.0 Å². The number of carbonyl (C=O) groups excluding carboxylic acids is 2. The average molecular weight is 354 g/mol. The van der Waals surface area contributed by atoms with Crippen LogP contribution >= 0.6 is 0 Å². The van der Waals surface area contributed by atoms with Crippen LogP contribution in [0.5, 0.6) is 0 Å². The van der Waals surface area contributed by atoms with Crippen LogP contribution in [0.1, 0.15) is 18.4 Å². The number of aryl methyl sites for hydroxylation is 1. The lowest BCUT2D eigenvalue weighted by Gasteiger charge is -2.18. The molecule has 2 amide bonds. The van der Waals surface area contributed by atoms with Crippen LogP contribution in [-0.4, -0.2) is 44.3 Å². The Hall–Kier alpha value is -1.96. The highest BCUT2D eigenvalue weighted by molar-refractivity contribution is 7.91. The number of nitrogens with zero attached hydrogens (tertiary/aromatic N) is 1. The number of rotatable bonds is 3. The van der Waals surface area contributed by atoms with Gasteiger partial charge in [0.15, 0.2) is 9.84 Å². The van der Waals surface area contributed by atoms with Gasteiger partial charge in [-0.1, -0.05) is 6.07 Å². The zero-order chi connectivity index (χ0) is 17.5. The first-order chi connectivity index (χ1) is 11.2. The van der Waals surface area contributed by atoms with Crippen molar-refractivity contribution < 1.29 is 22.4 Å². The van der Waals surface area contributed by atoms with Crippen LogP contribution in [0.25, 0.3) is 0 Å². The summed E-state index contributed by atoms with van der Waals surface area (Å²) in [5.41, 5.74) is 0.920. The number of sulfone groups is 1. The molecule has 2 heterocycles. The van der Waals surface area contributed by atoms with Gasteiger partial charge >= 0.3 is 0 Å². The van der Waals surface area contributed by atoms with Gasteiger partial charge < -0.3 is 10.2 Å². The summed E-state index contributed by atoms with van der Waals surface area (Å²) in [4.78, 5) is 25.9. The molecule has 0 aromatic heterocycles. The minimum atomic E-state index is -3.07. The van der Waals surface area contributed by atoms with Crippen molar-refractivity contribution in [2.45, 2.75) is 25.8 Å². The van der Waals surface area contributed by atoms with Gasteiger partial charge in [-0.2, -0.15) is 0 Å². The molecule has 2 aliphatic heterocycles. The Morgan fingerprint density at radius 2 is 2.12 bits per heavy atom. The predicted octanol–water partition coefficient (Wildman–Crippen LogP) is 0.790. The van der Waals surface area contributed by atoms with Crippen molar-refractivity contribution in [1.82, 2.24) is 5.32 Å². The van der Waals surface area contributed by atoms with Crippen LogP contribution in [-0.2, 0) is 19.4 Å². The van der Waals surface area contributed by atoms with E-state index in [0.717, 1.165) is 0 Å². The second-order valence-electron chi connectivity index (χ2n) is 6.45. The van der Waals surface area contributed by atoms with Gasteiger partial charge in [0, 0.05) is 24.7 Å². The van der Waals surface area contributed by atoms with Crippen molar-refractivity contribution in [2.75, 3.05) is 23.0 Å². The minimum absolute atomic E-state index is 0.0425. The molecule has 24 heavy (non-hydrogen) atoms. The summed E-state index contributed by atoms with van der Waals surface area (Å²) in [6.07, 6.45) is 0.447. The molecular formula is C16H19FN2O4S. The zero-order valence-electron chi connectivity index (χ0n) is 13.3. The van der Waals surface area contributed by atoms with E-state index in [0.29, 0.717) is 17.7 Å². The summed E-state index contributed by atoms with van der Waals surface area (Å²) in [5.74, 6) is -1.48. The number of amides is 2. The molecule has 2 aliphatic rings. The average Bonchev–Trinajstić information content (AvgIpc) is 3.05. The number of benzene rings is 1. The fourth-order valence-corrected chi connectivity index (χ4v) is 4.78. The monoisotopic (exact) mass is 354 g/mol. The van der Waals surface area contributed by atoms with E-state index in [2.05, 4.69) is 5.32 Å². The molecule has 0 saturated carbocycles. The van der Waals surface area contributed by atoms with Crippen LogP contribution in [0.2, 0.25) is 0 Å². The molecule has 0 unspecified atom stereocenters. The Labute approximate surface area is 139 Å². The van der Waals surface area contributed by atoms with Crippen LogP contribution in [0.4, 0.5) is 10.1 Å². The van der Waals surface area contributed by atoms with Crippen LogP contribution in [0.15, 0.2) is 18.2 Å². The lowest BCUT2D eigenvalue weighted by atomic mass is 10.1. The Morgan fingerprint density at radius 1 is 1.38 bits per heavy atom. The fraction of sp³-hybridized carbons (Fsp3) is 0.500. The van der Waals surface area contributed by atoms with E-state index >= 15 is 0 Å². The van der Waals surface area contributed by atoms with Crippen LogP contribution in [0, 0.1) is 18.7 Å². The maximum absolute atomic E-state index is 13.7. The van der Waals surface area contributed by atoms with Gasteiger partial charge in [0.1, 0.15) is 5.82 Å². The smallest absolute Gasteiger partial charge is 0.227 e. The van der Waals surface area contributed by atoms with Crippen molar-refractivity contribution in [1.29, 1.82) is 0 Å². The number of hydrogen-bond acceptors (Lipinski definition) is 4. The third-order valence-electron chi connectivity index (χ3n) is 4.54. The Kier molecular flexibility index (Phi) is 4.33. The Bertz CT molecular complexity index is 793. The Morgan fingerprint density at radius 3 is 2.75 bits per heavy atom. The molecule has 0 radical (unpaired) electrons. The first-order valence-corrected chi connectivity index (χ1v) is 9.64. The zero-order valence-corrected chi connectivity index (χ0v) is 14.1. The molecule has 6 nitrogen and oxygen atoms in total. The predicted molar refractivity (Wildman–Crippen MR) is 86.8 cm³/mol. The van der Waals surface area contributed by atoms with Crippen molar-refractivity contribution in [3.63, 3.8) is 0 Å². The van der Waals surface area contributed by atoms with E-state index in [1.807, 2.05) is 0 Å². The maximum atomic E-state index is 13.7. The van der Waals surface area contributed by atoms with Gasteiger partial charge in [-0.15, -0.1) is 0 Å². The first kappa shape index (κ1) is 16.9. The van der Waals surface area contributed by atoms with Gasteiger partial charge in [-0.05, 0) is 31.0 Å². The summed E-state index contributed by atoms with van der Waals surface area (Å²) >= 11 is 0. The number of carbonyl (C=O) groups is 2. The molecule has 0 spiro atoms. The topological polar surface area (TPSA) is 83.6 Å². The largest absolute Gasteiger partial charge is 0.352 e. The molecule has 1 aromatic rings. The molecule has 1 N–H and O–H groups in total. The maximum Gasteiger partial charge on any atom is 0.227 e. The Balaban J connectivity index is 1.66. The lowest BCUT2D eigenvalue weighted by Crippen LogP contribution is -2.40. The van der Waals surface area contributed by atoms with Crippen molar-refractivity contribution in [3.05, 3.63) is 29.6 Å². The highest BCUT2D eigenvalue weighted by atomic mass is 32.2. The fourth-order valence-electron chi connectivity index (χ4n) is 3.11. The van der Waals surface area contributed by atoms with Crippen molar-refractivity contribution >= 4 is 27.3 Å². The first-order valence-electron chi connectivity index (χ1n) is 7.82. The van der Waals surface area contributed by atoms with E-state index in [-0.39, 0.29) is 42.3 Å². The van der Waals surface area contributed by atoms with Gasteiger partial charge in [-0.25, -0.2) is 12.8 Å². The quantitative estimate of drug-likeness (QED) is 0.870. The molecule has 130 valence electrons. The lowest BCUT2D eigenvalue weighted by molar-refractivity contribution is -0.126. The molecule has 2 fully saturated rings. The molecule has 0 bridgehead atoms. The second kappa shape index (κ2) is 6.16. The van der Waals surface area contributed by atoms with Gasteiger partial charge in [-0.3, -0.25) is 9.59 Å². The summed E-state index contributed by atoms with van der Waals surface area (Å²) in [5, 5.41) is 2.72. The standard InChI is InChI=1S/C16H19FN2O4S/c1-10-2-3-13(7-14(10)17)19-8-11(6-15(19)20)16(21)18-12-4-5-24(22,23)9-12/h2-3,7,11-12H,4-6,8-9H2,1H3,(H,18,21)/t11-,12+/m0/s1. The SMILES string of the molecule is Cc1ccc(N2C[C@@H](C(=O)N[C@@H]3CCS(=O)(=O)C3)CC2=O)cc1F. The third-order valence-corrected chi connectivity index (χ3v) is 6.31. The summed E-state index contributed by atoms with van der Waals surface area (Å²) < 4.78 is 36.6. The van der Waals surface area contributed by atoms with Crippen molar-refractivity contribution in [2.24, 2.45) is 5.92 Å². The number of halogens is 1. The normalized spacial score (nSPS) is 25.9. The number of nitrogens with one attached hydrogen (secondary N) is 1. The van der Waals surface area contributed by atoms with E-state index in [4.69, 9.17) is 0 Å². The highest BCUT2D eigenvalue weighted by Gasteiger charge is 2.37. The minimum Gasteiger partial charge on any atom is -0.352 e. The van der Waals surface area contributed by atoms with Crippen LogP contribution in [0.3, 0.4) is 0 Å². The molecule has 3 rings (SSSR count). The molecule has 2 saturated heterocycles. The van der Waals surface area contributed by atoms with Gasteiger partial charge in [0.05, 0.1) is 17.4 Å². The van der Waals surface area contributed by atoms with Gasteiger partial charge in [0.2, 0.25) is 11.8 Å². The second-order valence-corrected chi connectivity index (χ2v) is 8.68. The molecule has 2 atom stereocenters. The highest BCUT2D eigenvalue weighted by Crippen LogP contribution is 2.27. The van der Waals surface area contributed by atoms with Gasteiger partial charge in [0.25, 0.3) is 0 Å². The van der Waals surface area contributed by atoms with E-state index in [1.54, 1.807) is 19.1 Å². The third kappa shape index (κ3) is 3.43. The van der Waals surface area contributed by atoms with Crippen LogP contribution < -0.4 is 10.2 Å². The summed E-state index contributed by atoms with van der Waals surface area (Å²) in [6, 6.07) is 4.15.